The molecule has 0 bridgehead atoms. The Bertz CT molecular complexity index is 869. The average Bonchev–Trinajstić information content (AvgIpc) is 2.71. The normalized spacial score (nSPS) is 11.0. The van der Waals surface area contributed by atoms with Crippen molar-refractivity contribution in [3.8, 4) is 0 Å². The number of rotatable bonds is 10. The molecule has 0 atom stereocenters. The van der Waals surface area contributed by atoms with Crippen molar-refractivity contribution in [2.45, 2.75) is 46.0 Å². The van der Waals surface area contributed by atoms with Crippen LogP contribution in [0.5, 0.6) is 0 Å². The van der Waals surface area contributed by atoms with Crippen LogP contribution in [0.2, 0.25) is 0 Å². The number of carbonyl (C=O) groups excluding carboxylic acids is 1. The molecule has 29 heavy (non-hydrogen) atoms. The van der Waals surface area contributed by atoms with Gasteiger partial charge in [-0.15, -0.1) is 0 Å². The number of aryl methyl sites for hydroxylation is 4. The topological polar surface area (TPSA) is 66.9 Å². The second kappa shape index (κ2) is 11.6. The van der Waals surface area contributed by atoms with Gasteiger partial charge in [0.05, 0.1) is 0 Å². The molecule has 2 rings (SSSR count). The third-order valence-corrected chi connectivity index (χ3v) is 4.39. The minimum absolute atomic E-state index is 0.318. The zero-order valence-corrected chi connectivity index (χ0v) is 17.4. The summed E-state index contributed by atoms with van der Waals surface area (Å²) in [4.78, 5) is 21.1. The van der Waals surface area contributed by atoms with Crippen LogP contribution in [-0.4, -0.2) is 16.0 Å². The highest BCUT2D eigenvalue weighted by molar-refractivity contribution is 5.90. The highest BCUT2D eigenvalue weighted by Gasteiger charge is 2.05. The van der Waals surface area contributed by atoms with E-state index in [1.807, 2.05) is 31.2 Å². The molecule has 2 amide bonds. The highest BCUT2D eigenvalue weighted by atomic mass is 16.2. The molecule has 5 nitrogen and oxygen atoms in total. The summed E-state index contributed by atoms with van der Waals surface area (Å²) in [5, 5.41) is 5.52. The fourth-order valence-electron chi connectivity index (χ4n) is 2.92. The number of nitrogens with one attached hydrogen (secondary N) is 2. The second-order valence-electron chi connectivity index (χ2n) is 6.84. The predicted molar refractivity (Wildman–Crippen MR) is 120 cm³/mol. The second-order valence-corrected chi connectivity index (χ2v) is 6.84. The number of unbranched alkanes of at least 4 members (excludes halogenated alkanes) is 1. The summed E-state index contributed by atoms with van der Waals surface area (Å²) in [7, 11) is 0. The third kappa shape index (κ3) is 7.74. The molecule has 0 saturated carbocycles. The summed E-state index contributed by atoms with van der Waals surface area (Å²) in [6.07, 6.45) is 9.91. The summed E-state index contributed by atoms with van der Waals surface area (Å²) < 4.78 is 0. The van der Waals surface area contributed by atoms with Gasteiger partial charge in [0, 0.05) is 22.8 Å². The Kier molecular flexibility index (Phi) is 8.83. The Morgan fingerprint density at radius 3 is 2.38 bits per heavy atom. The molecule has 2 aromatic rings. The van der Waals surface area contributed by atoms with E-state index in [0.717, 1.165) is 55.0 Å². The van der Waals surface area contributed by atoms with Crippen LogP contribution < -0.4 is 10.6 Å². The van der Waals surface area contributed by atoms with Crippen LogP contribution in [-0.2, 0) is 19.3 Å². The third-order valence-electron chi connectivity index (χ3n) is 4.39. The van der Waals surface area contributed by atoms with E-state index >= 15 is 0 Å². The molecule has 0 aliphatic heterocycles. The van der Waals surface area contributed by atoms with E-state index in [-0.39, 0.29) is 6.03 Å². The Hall–Kier alpha value is -3.21. The lowest BCUT2D eigenvalue weighted by Crippen LogP contribution is -2.27. The van der Waals surface area contributed by atoms with Gasteiger partial charge >= 0.3 is 6.03 Å². The zero-order chi connectivity index (χ0) is 21.1. The van der Waals surface area contributed by atoms with Gasteiger partial charge in [0.15, 0.2) is 0 Å². The van der Waals surface area contributed by atoms with Crippen molar-refractivity contribution >= 4 is 11.7 Å². The molecule has 152 valence electrons. The number of aromatic nitrogens is 2. The van der Waals surface area contributed by atoms with Gasteiger partial charge in [-0.05, 0) is 68.5 Å². The molecular formula is C24H30N4O. The standard InChI is InChI=1S/C24H30N4O/c1-5-8-10-22-17-23(26-18(4)25-22)16-13-19-11-14-21(15-12-19)28-24(29)27-20(7-3)9-6-2/h6-7,9,11-12,14-15,17H,2-3,5,8,10,13,16H2,1,4H3,(H2,27,28,29). The first-order valence-corrected chi connectivity index (χ1v) is 9.99. The minimum Gasteiger partial charge on any atom is -0.308 e. The number of carbonyl (C=O) groups is 1. The number of anilines is 1. The quantitative estimate of drug-likeness (QED) is 0.542. The molecule has 1 aromatic carbocycles. The maximum absolute atomic E-state index is 12.0. The Balaban J connectivity index is 1.91. The van der Waals surface area contributed by atoms with E-state index in [9.17, 15) is 4.79 Å². The molecule has 0 fully saturated rings. The lowest BCUT2D eigenvalue weighted by atomic mass is 10.1. The molecule has 1 aromatic heterocycles. The van der Waals surface area contributed by atoms with Crippen molar-refractivity contribution < 1.29 is 4.79 Å². The lowest BCUT2D eigenvalue weighted by Gasteiger charge is -2.09. The fraction of sp³-hybridized carbons (Fsp3) is 0.292. The predicted octanol–water partition coefficient (Wildman–Crippen LogP) is 5.29. The summed E-state index contributed by atoms with van der Waals surface area (Å²) in [5.74, 6) is 0.837. The van der Waals surface area contributed by atoms with Crippen molar-refractivity contribution in [1.29, 1.82) is 0 Å². The lowest BCUT2D eigenvalue weighted by molar-refractivity contribution is 0.254. The summed E-state index contributed by atoms with van der Waals surface area (Å²) in [6.45, 7) is 11.4. The first-order valence-electron chi connectivity index (χ1n) is 9.99. The molecule has 0 aliphatic carbocycles. The number of allylic oxidation sites excluding steroid dienone is 3. The number of nitrogens with zero attached hydrogens (tertiary/aromatic N) is 2. The van der Waals surface area contributed by atoms with E-state index in [1.54, 1.807) is 18.2 Å². The van der Waals surface area contributed by atoms with E-state index in [4.69, 9.17) is 0 Å². The van der Waals surface area contributed by atoms with Crippen LogP contribution in [0.25, 0.3) is 0 Å². The van der Waals surface area contributed by atoms with Crippen molar-refractivity contribution in [3.05, 3.63) is 90.2 Å². The molecule has 0 aliphatic rings. The van der Waals surface area contributed by atoms with Crippen LogP contribution >= 0.6 is 0 Å². The van der Waals surface area contributed by atoms with Gasteiger partial charge < -0.3 is 10.6 Å². The van der Waals surface area contributed by atoms with Crippen molar-refractivity contribution in [1.82, 2.24) is 15.3 Å². The molecular weight excluding hydrogens is 360 g/mol. The minimum atomic E-state index is -0.318. The number of hydrogen-bond acceptors (Lipinski definition) is 3. The Morgan fingerprint density at radius 1 is 1.07 bits per heavy atom. The molecule has 5 heteroatoms. The van der Waals surface area contributed by atoms with Crippen LogP contribution in [0.3, 0.4) is 0 Å². The fourth-order valence-corrected chi connectivity index (χ4v) is 2.92. The first-order chi connectivity index (χ1) is 14.0. The number of hydrogen-bond donors (Lipinski definition) is 2. The van der Waals surface area contributed by atoms with Crippen molar-refractivity contribution in [3.63, 3.8) is 0 Å². The number of amides is 2. The molecule has 0 radical (unpaired) electrons. The van der Waals surface area contributed by atoms with E-state index in [0.29, 0.717) is 5.70 Å². The SMILES string of the molecule is C=CC=C(C=C)NC(=O)Nc1ccc(CCc2cc(CCCC)nc(C)n2)cc1. The molecule has 0 unspecified atom stereocenters. The Morgan fingerprint density at radius 2 is 1.76 bits per heavy atom. The van der Waals surface area contributed by atoms with Gasteiger partial charge in [0.1, 0.15) is 5.82 Å². The molecule has 0 spiro atoms. The zero-order valence-electron chi connectivity index (χ0n) is 17.4. The monoisotopic (exact) mass is 390 g/mol. The molecule has 1 heterocycles. The van der Waals surface area contributed by atoms with Crippen LogP contribution in [0.1, 0.15) is 42.5 Å². The number of benzene rings is 1. The average molecular weight is 391 g/mol. The van der Waals surface area contributed by atoms with Gasteiger partial charge in [-0.2, -0.15) is 0 Å². The summed E-state index contributed by atoms with van der Waals surface area (Å²) in [5.41, 5.74) is 4.72. The van der Waals surface area contributed by atoms with Gasteiger partial charge in [-0.25, -0.2) is 14.8 Å². The van der Waals surface area contributed by atoms with Gasteiger partial charge in [0.2, 0.25) is 0 Å². The van der Waals surface area contributed by atoms with Gasteiger partial charge in [-0.3, -0.25) is 0 Å². The maximum Gasteiger partial charge on any atom is 0.323 e. The number of urea groups is 1. The van der Waals surface area contributed by atoms with E-state index < -0.39 is 0 Å². The summed E-state index contributed by atoms with van der Waals surface area (Å²) in [6, 6.07) is 9.65. The van der Waals surface area contributed by atoms with Crippen LogP contribution in [0, 0.1) is 6.92 Å². The van der Waals surface area contributed by atoms with Crippen LogP contribution in [0.4, 0.5) is 10.5 Å². The van der Waals surface area contributed by atoms with E-state index in [2.05, 4.69) is 46.7 Å². The van der Waals surface area contributed by atoms with Crippen molar-refractivity contribution in [2.75, 3.05) is 5.32 Å². The first kappa shape index (κ1) is 22.1. The highest BCUT2D eigenvalue weighted by Crippen LogP contribution is 2.13. The maximum atomic E-state index is 12.0. The van der Waals surface area contributed by atoms with Crippen molar-refractivity contribution in [2.24, 2.45) is 0 Å². The largest absolute Gasteiger partial charge is 0.323 e. The summed E-state index contributed by atoms with van der Waals surface area (Å²) >= 11 is 0. The van der Waals surface area contributed by atoms with Gasteiger partial charge in [0.25, 0.3) is 0 Å². The smallest absolute Gasteiger partial charge is 0.308 e. The van der Waals surface area contributed by atoms with Crippen LogP contribution in [0.15, 0.2) is 67.4 Å². The Labute approximate surface area is 173 Å². The van der Waals surface area contributed by atoms with E-state index in [1.165, 1.54) is 5.56 Å². The van der Waals surface area contributed by atoms with Gasteiger partial charge in [-0.1, -0.05) is 44.7 Å². The molecule has 2 N–H and O–H groups in total. The molecule has 0 saturated heterocycles.